The second kappa shape index (κ2) is 9.91. The SMILES string of the molecule is CC(C)(C)CN(CC1CC1)[C@@H](C(N)=O)C(=O)Nc1ccc(N2CCOCC2=O)cc1C(F)(F)F. The van der Waals surface area contributed by atoms with Crippen molar-refractivity contribution >= 4 is 29.1 Å². The average Bonchev–Trinajstić information content (AvgIpc) is 3.50. The Bertz CT molecular complexity index is 941. The molecule has 1 saturated heterocycles. The summed E-state index contributed by atoms with van der Waals surface area (Å²) in [6.07, 6.45) is -2.88. The van der Waals surface area contributed by atoms with E-state index in [0.29, 0.717) is 19.0 Å². The Morgan fingerprint density at radius 1 is 1.26 bits per heavy atom. The first-order chi connectivity index (χ1) is 15.8. The predicted molar refractivity (Wildman–Crippen MR) is 120 cm³/mol. The van der Waals surface area contributed by atoms with Crippen molar-refractivity contribution in [1.29, 1.82) is 0 Å². The molecule has 0 spiro atoms. The van der Waals surface area contributed by atoms with Crippen LogP contribution in [0, 0.1) is 11.3 Å². The van der Waals surface area contributed by atoms with Crippen molar-refractivity contribution in [2.24, 2.45) is 17.1 Å². The molecule has 0 bridgehead atoms. The van der Waals surface area contributed by atoms with E-state index in [0.717, 1.165) is 25.0 Å². The zero-order chi connectivity index (χ0) is 25.3. The normalized spacial score (nSPS) is 18.2. The van der Waals surface area contributed by atoms with Crippen LogP contribution in [0.15, 0.2) is 18.2 Å². The fourth-order valence-corrected chi connectivity index (χ4v) is 4.01. The van der Waals surface area contributed by atoms with Gasteiger partial charge in [-0.15, -0.1) is 0 Å². The van der Waals surface area contributed by atoms with Gasteiger partial charge in [0.2, 0.25) is 5.91 Å². The van der Waals surface area contributed by atoms with E-state index < -0.39 is 41.2 Å². The molecule has 3 N–H and O–H groups in total. The molecule has 2 aliphatic rings. The summed E-state index contributed by atoms with van der Waals surface area (Å²) in [5.74, 6) is -1.97. The van der Waals surface area contributed by atoms with E-state index in [4.69, 9.17) is 10.5 Å². The number of hydrogen-bond acceptors (Lipinski definition) is 5. The van der Waals surface area contributed by atoms with Crippen LogP contribution in [0.1, 0.15) is 39.2 Å². The number of benzene rings is 1. The number of nitrogens with two attached hydrogens (primary N) is 1. The molecule has 2 fully saturated rings. The highest BCUT2D eigenvalue weighted by molar-refractivity contribution is 6.10. The Balaban J connectivity index is 1.89. The van der Waals surface area contributed by atoms with Crippen molar-refractivity contribution in [2.45, 2.75) is 45.8 Å². The number of morpholine rings is 1. The van der Waals surface area contributed by atoms with Gasteiger partial charge >= 0.3 is 6.18 Å². The summed E-state index contributed by atoms with van der Waals surface area (Å²) in [6, 6.07) is 1.81. The zero-order valence-corrected chi connectivity index (χ0v) is 19.6. The second-order valence-corrected chi connectivity index (χ2v) is 10.1. The number of amides is 3. The molecular weight excluding hydrogens is 453 g/mol. The Morgan fingerprint density at radius 2 is 1.94 bits per heavy atom. The van der Waals surface area contributed by atoms with E-state index in [1.807, 2.05) is 20.8 Å². The second-order valence-electron chi connectivity index (χ2n) is 10.1. The molecule has 1 atom stereocenters. The maximum Gasteiger partial charge on any atom is 0.418 e. The molecule has 1 aromatic rings. The number of carbonyl (C=O) groups excluding carboxylic acids is 3. The number of nitrogens with one attached hydrogen (secondary N) is 1. The topological polar surface area (TPSA) is 105 Å². The molecule has 1 aliphatic heterocycles. The van der Waals surface area contributed by atoms with Gasteiger partial charge in [0.1, 0.15) is 6.61 Å². The first-order valence-corrected chi connectivity index (χ1v) is 11.2. The number of primary amides is 1. The molecule has 1 aromatic carbocycles. The highest BCUT2D eigenvalue weighted by atomic mass is 19.4. The number of halogens is 3. The number of rotatable bonds is 8. The molecule has 1 aliphatic carbocycles. The summed E-state index contributed by atoms with van der Waals surface area (Å²) in [5.41, 5.74) is 3.70. The van der Waals surface area contributed by atoms with E-state index in [9.17, 15) is 27.6 Å². The predicted octanol–water partition coefficient (Wildman–Crippen LogP) is 2.62. The van der Waals surface area contributed by atoms with Crippen LogP contribution in [-0.4, -0.2) is 61.5 Å². The third kappa shape index (κ3) is 6.69. The minimum Gasteiger partial charge on any atom is -0.370 e. The van der Waals surface area contributed by atoms with Gasteiger partial charge in [-0.05, 0) is 42.4 Å². The molecule has 0 unspecified atom stereocenters. The highest BCUT2D eigenvalue weighted by Gasteiger charge is 2.39. The van der Waals surface area contributed by atoms with Crippen molar-refractivity contribution in [1.82, 2.24) is 4.90 Å². The molecule has 0 radical (unpaired) electrons. The van der Waals surface area contributed by atoms with Crippen molar-refractivity contribution < 1.29 is 32.3 Å². The van der Waals surface area contributed by atoms with Gasteiger partial charge in [-0.3, -0.25) is 19.3 Å². The summed E-state index contributed by atoms with van der Waals surface area (Å²) in [4.78, 5) is 40.3. The first kappa shape index (κ1) is 26.0. The van der Waals surface area contributed by atoms with Crippen molar-refractivity contribution in [2.75, 3.05) is 43.1 Å². The third-order valence-corrected chi connectivity index (χ3v) is 5.61. The summed E-state index contributed by atoms with van der Waals surface area (Å²) >= 11 is 0. The first-order valence-electron chi connectivity index (χ1n) is 11.2. The van der Waals surface area contributed by atoms with E-state index in [1.54, 1.807) is 4.90 Å². The number of carbonyl (C=O) groups is 3. The molecule has 0 aromatic heterocycles. The van der Waals surface area contributed by atoms with E-state index in [-0.39, 0.29) is 30.9 Å². The smallest absolute Gasteiger partial charge is 0.370 e. The molecule has 8 nitrogen and oxygen atoms in total. The summed E-state index contributed by atoms with van der Waals surface area (Å²) in [5, 5.41) is 2.27. The Kier molecular flexibility index (Phi) is 7.56. The largest absolute Gasteiger partial charge is 0.418 e. The Hall–Kier alpha value is -2.66. The average molecular weight is 485 g/mol. The summed E-state index contributed by atoms with van der Waals surface area (Å²) < 4.78 is 46.7. The van der Waals surface area contributed by atoms with Crippen LogP contribution >= 0.6 is 0 Å². The molecular formula is C23H31F3N4O4. The van der Waals surface area contributed by atoms with E-state index >= 15 is 0 Å². The quantitative estimate of drug-likeness (QED) is 0.552. The monoisotopic (exact) mass is 484 g/mol. The van der Waals surface area contributed by atoms with Crippen LogP contribution in [0.4, 0.5) is 24.5 Å². The van der Waals surface area contributed by atoms with Gasteiger partial charge in [0.25, 0.3) is 11.8 Å². The van der Waals surface area contributed by atoms with Gasteiger partial charge in [-0.2, -0.15) is 13.2 Å². The van der Waals surface area contributed by atoms with Gasteiger partial charge in [-0.25, -0.2) is 0 Å². The van der Waals surface area contributed by atoms with Gasteiger partial charge in [-0.1, -0.05) is 20.8 Å². The minimum atomic E-state index is -4.81. The van der Waals surface area contributed by atoms with Crippen molar-refractivity contribution in [3.05, 3.63) is 23.8 Å². The van der Waals surface area contributed by atoms with Crippen LogP contribution < -0.4 is 16.0 Å². The molecule has 188 valence electrons. The van der Waals surface area contributed by atoms with E-state index in [2.05, 4.69) is 5.32 Å². The third-order valence-electron chi connectivity index (χ3n) is 5.61. The highest BCUT2D eigenvalue weighted by Crippen LogP contribution is 2.38. The van der Waals surface area contributed by atoms with Crippen LogP contribution in [0.2, 0.25) is 0 Å². The van der Waals surface area contributed by atoms with Gasteiger partial charge in [0.05, 0.1) is 17.9 Å². The lowest BCUT2D eigenvalue weighted by Gasteiger charge is -2.34. The van der Waals surface area contributed by atoms with Gasteiger partial charge < -0.3 is 20.7 Å². The Labute approximate surface area is 196 Å². The lowest BCUT2D eigenvalue weighted by molar-refractivity contribution is -0.137. The van der Waals surface area contributed by atoms with Crippen LogP contribution in [0.25, 0.3) is 0 Å². The van der Waals surface area contributed by atoms with Crippen LogP contribution in [0.3, 0.4) is 0 Å². The summed E-state index contributed by atoms with van der Waals surface area (Å²) in [7, 11) is 0. The summed E-state index contributed by atoms with van der Waals surface area (Å²) in [6.45, 7) is 6.76. The minimum absolute atomic E-state index is 0.0492. The Morgan fingerprint density at radius 3 is 2.47 bits per heavy atom. The molecule has 34 heavy (non-hydrogen) atoms. The molecule has 3 rings (SSSR count). The van der Waals surface area contributed by atoms with Gasteiger partial charge in [0.15, 0.2) is 6.04 Å². The van der Waals surface area contributed by atoms with E-state index in [1.165, 1.54) is 11.0 Å². The molecule has 3 amide bonds. The molecule has 11 heteroatoms. The molecule has 1 saturated carbocycles. The fraction of sp³-hybridized carbons (Fsp3) is 0.609. The van der Waals surface area contributed by atoms with Crippen LogP contribution in [-0.2, 0) is 25.3 Å². The lowest BCUT2D eigenvalue weighted by Crippen LogP contribution is -2.54. The number of ether oxygens (including phenoxy) is 1. The number of alkyl halides is 3. The zero-order valence-electron chi connectivity index (χ0n) is 19.6. The maximum atomic E-state index is 13.9. The maximum absolute atomic E-state index is 13.9. The van der Waals surface area contributed by atoms with Crippen molar-refractivity contribution in [3.8, 4) is 0 Å². The van der Waals surface area contributed by atoms with Gasteiger partial charge in [0, 0.05) is 25.3 Å². The molecule has 1 heterocycles. The number of anilines is 2. The standard InChI is InChI=1S/C23H31F3N4O4/c1-22(2,3)13-29(11-14-4-5-14)19(20(27)32)21(33)28-17-7-6-15(10-16(17)23(24,25)26)30-8-9-34-12-18(30)31/h6-7,10,14,19H,4-5,8-9,11-13H2,1-3H3,(H2,27,32)(H,28,33)/t19-/m0/s1. The lowest BCUT2D eigenvalue weighted by atomic mass is 9.94. The number of hydrogen-bond donors (Lipinski definition) is 2. The fourth-order valence-electron chi connectivity index (χ4n) is 4.01. The van der Waals surface area contributed by atoms with Crippen LogP contribution in [0.5, 0.6) is 0 Å². The van der Waals surface area contributed by atoms with Crippen molar-refractivity contribution in [3.63, 3.8) is 0 Å². The number of nitrogens with zero attached hydrogens (tertiary/aromatic N) is 2.